The number of anilines is 1. The molecule has 0 saturated carbocycles. The average Bonchev–Trinajstić information content (AvgIpc) is 3.14. The second-order valence-electron chi connectivity index (χ2n) is 5.53. The lowest BCUT2D eigenvalue weighted by Crippen LogP contribution is -2.15. The maximum absolute atomic E-state index is 12.5. The molecule has 4 nitrogen and oxygen atoms in total. The van der Waals surface area contributed by atoms with Gasteiger partial charge in [0.1, 0.15) is 0 Å². The van der Waals surface area contributed by atoms with E-state index >= 15 is 0 Å². The van der Waals surface area contributed by atoms with Crippen LogP contribution in [0, 0.1) is 6.92 Å². The molecule has 0 saturated heterocycles. The highest BCUT2D eigenvalue weighted by molar-refractivity contribution is 7.10. The Balaban J connectivity index is 1.66. The fraction of sp³-hybridized carbons (Fsp3) is 0.176. The summed E-state index contributed by atoms with van der Waals surface area (Å²) in [5.74, 6) is 0.423. The Kier molecular flexibility index (Phi) is 3.47. The topological polar surface area (TPSA) is 55.1 Å². The number of nitrogens with one attached hydrogen (secondary N) is 1. The van der Waals surface area contributed by atoms with E-state index in [1.807, 2.05) is 30.5 Å². The first-order chi connectivity index (χ1) is 11.1. The largest absolute Gasteiger partial charge is 0.355 e. The highest BCUT2D eigenvalue weighted by Gasteiger charge is 2.28. The van der Waals surface area contributed by atoms with Crippen LogP contribution in [0.25, 0.3) is 11.3 Å². The molecule has 0 bridgehead atoms. The summed E-state index contributed by atoms with van der Waals surface area (Å²) in [5.41, 5.74) is 3.88. The van der Waals surface area contributed by atoms with E-state index < -0.39 is 0 Å². The molecule has 1 aromatic carbocycles. The number of benzene rings is 1. The number of carbonyl (C=O) groups is 1. The summed E-state index contributed by atoms with van der Waals surface area (Å²) in [5, 5.41) is 9.36. The molecule has 6 heteroatoms. The molecular weight excluding hydrogens is 332 g/mol. The lowest BCUT2D eigenvalue weighted by atomic mass is 9.95. The summed E-state index contributed by atoms with van der Waals surface area (Å²) in [7, 11) is 0. The number of aryl methyl sites for hydroxylation is 2. The second kappa shape index (κ2) is 5.51. The molecule has 0 atom stereocenters. The Morgan fingerprint density at radius 1 is 1.35 bits per heavy atom. The highest BCUT2D eigenvalue weighted by Crippen LogP contribution is 2.38. The molecule has 0 fully saturated rings. The van der Waals surface area contributed by atoms with E-state index in [0.717, 1.165) is 29.5 Å². The van der Waals surface area contributed by atoms with Gasteiger partial charge in [-0.1, -0.05) is 22.8 Å². The van der Waals surface area contributed by atoms with Crippen molar-refractivity contribution < 1.29 is 9.32 Å². The number of aromatic nitrogens is 1. The number of carbonyl (C=O) groups excluding carboxylic acids is 1. The Morgan fingerprint density at radius 3 is 3.04 bits per heavy atom. The molecule has 2 heterocycles. The van der Waals surface area contributed by atoms with E-state index in [-0.39, 0.29) is 5.91 Å². The average molecular weight is 345 g/mol. The van der Waals surface area contributed by atoms with Crippen LogP contribution >= 0.6 is 22.9 Å². The van der Waals surface area contributed by atoms with Gasteiger partial charge in [-0.05, 0) is 48.9 Å². The van der Waals surface area contributed by atoms with Crippen LogP contribution in [0.4, 0.5) is 5.69 Å². The van der Waals surface area contributed by atoms with Crippen molar-refractivity contribution in [1.29, 1.82) is 0 Å². The van der Waals surface area contributed by atoms with E-state index in [2.05, 4.69) is 10.5 Å². The monoisotopic (exact) mass is 344 g/mol. The molecule has 0 aliphatic heterocycles. The van der Waals surface area contributed by atoms with Gasteiger partial charge in [0, 0.05) is 16.0 Å². The number of nitrogens with zero attached hydrogens (tertiary/aromatic N) is 1. The van der Waals surface area contributed by atoms with Crippen molar-refractivity contribution in [3.8, 4) is 11.3 Å². The van der Waals surface area contributed by atoms with E-state index in [4.69, 9.17) is 16.1 Å². The Morgan fingerprint density at radius 2 is 2.22 bits per heavy atom. The number of thiophene rings is 1. The van der Waals surface area contributed by atoms with Gasteiger partial charge in [-0.3, -0.25) is 4.79 Å². The van der Waals surface area contributed by atoms with Crippen molar-refractivity contribution in [3.05, 3.63) is 56.4 Å². The van der Waals surface area contributed by atoms with Gasteiger partial charge in [0.15, 0.2) is 11.5 Å². The molecule has 0 unspecified atom stereocenters. The first-order valence-electron chi connectivity index (χ1n) is 7.26. The predicted octanol–water partition coefficient (Wildman–Crippen LogP) is 4.72. The van der Waals surface area contributed by atoms with Crippen molar-refractivity contribution in [2.24, 2.45) is 0 Å². The van der Waals surface area contributed by atoms with E-state index in [9.17, 15) is 4.79 Å². The fourth-order valence-electron chi connectivity index (χ4n) is 2.81. The molecule has 1 aliphatic carbocycles. The summed E-state index contributed by atoms with van der Waals surface area (Å²) in [6.07, 6.45) is 1.67. The molecule has 116 valence electrons. The quantitative estimate of drug-likeness (QED) is 0.732. The van der Waals surface area contributed by atoms with Gasteiger partial charge in [0.05, 0.1) is 10.7 Å². The minimum absolute atomic E-state index is 0.292. The molecule has 3 aromatic rings. The zero-order chi connectivity index (χ0) is 16.0. The van der Waals surface area contributed by atoms with Gasteiger partial charge < -0.3 is 9.84 Å². The number of rotatable bonds is 2. The smallest absolute Gasteiger partial charge is 0.278 e. The molecule has 4 rings (SSSR count). The van der Waals surface area contributed by atoms with Crippen LogP contribution in [0.3, 0.4) is 0 Å². The third-order valence-electron chi connectivity index (χ3n) is 3.97. The van der Waals surface area contributed by atoms with Crippen molar-refractivity contribution in [2.75, 3.05) is 5.32 Å². The van der Waals surface area contributed by atoms with Crippen LogP contribution in [0.15, 0.2) is 34.2 Å². The zero-order valence-corrected chi connectivity index (χ0v) is 13.9. The normalized spacial score (nSPS) is 12.6. The van der Waals surface area contributed by atoms with Crippen LogP contribution in [-0.2, 0) is 12.8 Å². The SMILES string of the molecule is Cc1ccc(NC(=O)c2noc3c2CCc2sccc2-3)c(Cl)c1. The van der Waals surface area contributed by atoms with Crippen molar-refractivity contribution >= 4 is 34.5 Å². The number of hydrogen-bond donors (Lipinski definition) is 1. The summed E-state index contributed by atoms with van der Waals surface area (Å²) in [6.45, 7) is 1.95. The molecule has 23 heavy (non-hydrogen) atoms. The van der Waals surface area contributed by atoms with Gasteiger partial charge >= 0.3 is 0 Å². The van der Waals surface area contributed by atoms with Crippen molar-refractivity contribution in [1.82, 2.24) is 5.16 Å². The van der Waals surface area contributed by atoms with Gasteiger partial charge in [0.25, 0.3) is 5.91 Å². The minimum atomic E-state index is -0.292. The number of hydrogen-bond acceptors (Lipinski definition) is 4. The van der Waals surface area contributed by atoms with Crippen LogP contribution in [0.2, 0.25) is 5.02 Å². The van der Waals surface area contributed by atoms with E-state index in [1.165, 1.54) is 4.88 Å². The third-order valence-corrected chi connectivity index (χ3v) is 5.26. The maximum Gasteiger partial charge on any atom is 0.278 e. The second-order valence-corrected chi connectivity index (χ2v) is 6.94. The van der Waals surface area contributed by atoms with E-state index in [1.54, 1.807) is 17.4 Å². The molecular formula is C17H13ClN2O2S. The number of fused-ring (bicyclic) bond motifs is 3. The summed E-state index contributed by atoms with van der Waals surface area (Å²) >= 11 is 7.88. The fourth-order valence-corrected chi connectivity index (χ4v) is 3.97. The summed E-state index contributed by atoms with van der Waals surface area (Å²) < 4.78 is 5.44. The summed E-state index contributed by atoms with van der Waals surface area (Å²) in [4.78, 5) is 13.8. The highest BCUT2D eigenvalue weighted by atomic mass is 35.5. The van der Waals surface area contributed by atoms with Crippen molar-refractivity contribution in [2.45, 2.75) is 19.8 Å². The first kappa shape index (κ1) is 14.5. The summed E-state index contributed by atoms with van der Waals surface area (Å²) in [6, 6.07) is 7.52. The molecule has 1 aliphatic rings. The van der Waals surface area contributed by atoms with Crippen LogP contribution in [-0.4, -0.2) is 11.1 Å². The van der Waals surface area contributed by atoms with Crippen LogP contribution < -0.4 is 5.32 Å². The number of halogens is 1. The minimum Gasteiger partial charge on any atom is -0.355 e. The Labute approximate surface area is 142 Å². The van der Waals surface area contributed by atoms with E-state index in [0.29, 0.717) is 22.2 Å². The maximum atomic E-state index is 12.5. The zero-order valence-electron chi connectivity index (χ0n) is 12.4. The van der Waals surface area contributed by atoms with Gasteiger partial charge in [-0.25, -0.2) is 0 Å². The van der Waals surface area contributed by atoms with Gasteiger partial charge in [-0.2, -0.15) is 0 Å². The Hall–Kier alpha value is -2.11. The standard InChI is InChI=1S/C17H13ClN2O2S/c1-9-2-4-13(12(18)8-9)19-17(21)15-11-3-5-14-10(6-7-23-14)16(11)22-20-15/h2,4,6-8H,3,5H2,1H3,(H,19,21). The lowest BCUT2D eigenvalue weighted by Gasteiger charge is -2.11. The first-order valence-corrected chi connectivity index (χ1v) is 8.52. The number of amides is 1. The predicted molar refractivity (Wildman–Crippen MR) is 91.4 cm³/mol. The Bertz CT molecular complexity index is 913. The van der Waals surface area contributed by atoms with Crippen LogP contribution in [0.5, 0.6) is 0 Å². The molecule has 0 spiro atoms. The van der Waals surface area contributed by atoms with Crippen LogP contribution in [0.1, 0.15) is 26.5 Å². The molecule has 0 radical (unpaired) electrons. The molecule has 1 amide bonds. The molecule has 1 N–H and O–H groups in total. The third kappa shape index (κ3) is 2.46. The lowest BCUT2D eigenvalue weighted by molar-refractivity contribution is 0.101. The molecule has 2 aromatic heterocycles. The van der Waals surface area contributed by atoms with Crippen molar-refractivity contribution in [3.63, 3.8) is 0 Å². The van der Waals surface area contributed by atoms with Gasteiger partial charge in [0.2, 0.25) is 0 Å². The van der Waals surface area contributed by atoms with Gasteiger partial charge in [-0.15, -0.1) is 11.3 Å².